The zero-order valence-corrected chi connectivity index (χ0v) is 14.3. The molecular formula is C20H25NO3. The first kappa shape index (κ1) is 17.9. The van der Waals surface area contributed by atoms with Crippen LogP contribution in [0.3, 0.4) is 0 Å². The average Bonchev–Trinajstić information content (AvgIpc) is 2.64. The highest BCUT2D eigenvalue weighted by Gasteiger charge is 2.17. The molecule has 1 amide bonds. The Bertz CT molecular complexity index is 628. The van der Waals surface area contributed by atoms with Gasteiger partial charge in [-0.15, -0.1) is 0 Å². The lowest BCUT2D eigenvalue weighted by Crippen LogP contribution is -2.38. The van der Waals surface area contributed by atoms with Crippen molar-refractivity contribution in [3.05, 3.63) is 60.2 Å². The highest BCUT2D eigenvalue weighted by atomic mass is 16.5. The Labute approximate surface area is 143 Å². The molecule has 0 fully saturated rings. The number of hydrogen-bond acceptors (Lipinski definition) is 3. The van der Waals surface area contributed by atoms with Crippen LogP contribution < -0.4 is 14.8 Å². The van der Waals surface area contributed by atoms with Gasteiger partial charge in [0, 0.05) is 6.54 Å². The van der Waals surface area contributed by atoms with E-state index in [2.05, 4.69) is 11.4 Å². The van der Waals surface area contributed by atoms with Crippen LogP contribution in [-0.2, 0) is 11.2 Å². The van der Waals surface area contributed by atoms with Gasteiger partial charge in [-0.2, -0.15) is 0 Å². The number of carbonyl (C=O) groups is 1. The lowest BCUT2D eigenvalue weighted by molar-refractivity contribution is -0.128. The highest BCUT2D eigenvalue weighted by molar-refractivity contribution is 5.81. The lowest BCUT2D eigenvalue weighted by Gasteiger charge is -2.17. The molecule has 0 aromatic heterocycles. The summed E-state index contributed by atoms with van der Waals surface area (Å²) in [5, 5.41) is 2.96. The van der Waals surface area contributed by atoms with Crippen molar-refractivity contribution in [2.75, 3.05) is 13.7 Å². The van der Waals surface area contributed by atoms with Crippen LogP contribution in [0.5, 0.6) is 11.5 Å². The fourth-order valence-corrected chi connectivity index (χ4v) is 2.43. The number of nitrogens with one attached hydrogen (secondary N) is 1. The molecule has 2 aromatic rings. The number of aryl methyl sites for hydroxylation is 1. The maximum Gasteiger partial charge on any atom is 0.261 e. The van der Waals surface area contributed by atoms with Crippen LogP contribution in [-0.4, -0.2) is 25.7 Å². The van der Waals surface area contributed by atoms with Gasteiger partial charge in [-0.25, -0.2) is 0 Å². The topological polar surface area (TPSA) is 47.6 Å². The van der Waals surface area contributed by atoms with Crippen molar-refractivity contribution in [3.8, 4) is 11.5 Å². The summed E-state index contributed by atoms with van der Waals surface area (Å²) >= 11 is 0. The molecule has 0 bridgehead atoms. The third-order valence-electron chi connectivity index (χ3n) is 3.76. The predicted molar refractivity (Wildman–Crippen MR) is 95.5 cm³/mol. The molecule has 24 heavy (non-hydrogen) atoms. The fraction of sp³-hybridized carbons (Fsp3) is 0.350. The van der Waals surface area contributed by atoms with Crippen LogP contribution in [0.1, 0.15) is 25.3 Å². The summed E-state index contributed by atoms with van der Waals surface area (Å²) in [6, 6.07) is 17.4. The van der Waals surface area contributed by atoms with Crippen molar-refractivity contribution in [1.29, 1.82) is 0 Å². The summed E-state index contributed by atoms with van der Waals surface area (Å²) in [7, 11) is 1.66. The molecule has 0 aliphatic rings. The minimum Gasteiger partial charge on any atom is -0.497 e. The first-order chi connectivity index (χ1) is 11.7. The Morgan fingerprint density at radius 1 is 1.08 bits per heavy atom. The van der Waals surface area contributed by atoms with E-state index in [1.807, 2.05) is 55.5 Å². The number of amides is 1. The van der Waals surface area contributed by atoms with Crippen LogP contribution in [0, 0.1) is 0 Å². The van der Waals surface area contributed by atoms with Gasteiger partial charge >= 0.3 is 0 Å². The Morgan fingerprint density at radius 3 is 2.54 bits per heavy atom. The number of carbonyl (C=O) groups excluding carboxylic acids is 1. The van der Waals surface area contributed by atoms with Gasteiger partial charge in [0.05, 0.1) is 7.11 Å². The summed E-state index contributed by atoms with van der Waals surface area (Å²) in [4.78, 5) is 12.2. The van der Waals surface area contributed by atoms with Crippen LogP contribution in [0.25, 0.3) is 0 Å². The van der Waals surface area contributed by atoms with Gasteiger partial charge in [0.25, 0.3) is 5.91 Å². The van der Waals surface area contributed by atoms with Crippen molar-refractivity contribution < 1.29 is 14.3 Å². The standard InChI is InChI=1S/C20H25NO3/c1-3-19(24-17-11-5-4-6-12-17)20(22)21-14-8-10-16-9-7-13-18(15-16)23-2/h4-7,9,11-13,15,19H,3,8,10,14H2,1-2H3,(H,21,22)/t19-/m1/s1. The van der Waals surface area contributed by atoms with E-state index in [1.165, 1.54) is 5.56 Å². The van der Waals surface area contributed by atoms with Crippen molar-refractivity contribution >= 4 is 5.91 Å². The Balaban J connectivity index is 1.75. The molecule has 4 heteroatoms. The van der Waals surface area contributed by atoms with E-state index in [0.29, 0.717) is 13.0 Å². The van der Waals surface area contributed by atoms with E-state index in [0.717, 1.165) is 24.3 Å². The van der Waals surface area contributed by atoms with Gasteiger partial charge in [-0.1, -0.05) is 37.3 Å². The number of hydrogen-bond donors (Lipinski definition) is 1. The monoisotopic (exact) mass is 327 g/mol. The third kappa shape index (κ3) is 5.61. The molecule has 0 aliphatic heterocycles. The quantitative estimate of drug-likeness (QED) is 0.716. The first-order valence-corrected chi connectivity index (χ1v) is 8.35. The van der Waals surface area contributed by atoms with Gasteiger partial charge in [-0.3, -0.25) is 4.79 Å². The average molecular weight is 327 g/mol. The Kier molecular flexibility index (Phi) is 7.15. The molecular weight excluding hydrogens is 302 g/mol. The summed E-state index contributed by atoms with van der Waals surface area (Å²) in [5.74, 6) is 1.52. The van der Waals surface area contributed by atoms with Crippen molar-refractivity contribution in [1.82, 2.24) is 5.32 Å². The number of rotatable bonds is 9. The van der Waals surface area contributed by atoms with Crippen LogP contribution in [0.2, 0.25) is 0 Å². The lowest BCUT2D eigenvalue weighted by atomic mass is 10.1. The van der Waals surface area contributed by atoms with Crippen LogP contribution >= 0.6 is 0 Å². The highest BCUT2D eigenvalue weighted by Crippen LogP contribution is 2.14. The molecule has 4 nitrogen and oxygen atoms in total. The largest absolute Gasteiger partial charge is 0.497 e. The maximum absolute atomic E-state index is 12.2. The summed E-state index contributed by atoms with van der Waals surface area (Å²) in [5.41, 5.74) is 1.20. The van der Waals surface area contributed by atoms with E-state index in [1.54, 1.807) is 7.11 Å². The molecule has 0 saturated carbocycles. The summed E-state index contributed by atoms with van der Waals surface area (Å²) in [6.45, 7) is 2.58. The maximum atomic E-state index is 12.2. The first-order valence-electron chi connectivity index (χ1n) is 8.35. The van der Waals surface area contributed by atoms with E-state index in [-0.39, 0.29) is 5.91 Å². The van der Waals surface area contributed by atoms with Gasteiger partial charge in [0.2, 0.25) is 0 Å². The molecule has 0 heterocycles. The summed E-state index contributed by atoms with van der Waals surface area (Å²) in [6.07, 6.45) is 1.95. The number of para-hydroxylation sites is 1. The molecule has 128 valence electrons. The number of ether oxygens (including phenoxy) is 2. The molecule has 0 unspecified atom stereocenters. The van der Waals surface area contributed by atoms with E-state index >= 15 is 0 Å². The molecule has 0 saturated heterocycles. The molecule has 2 rings (SSSR count). The van der Waals surface area contributed by atoms with Gasteiger partial charge < -0.3 is 14.8 Å². The molecule has 1 atom stereocenters. The molecule has 0 spiro atoms. The molecule has 1 N–H and O–H groups in total. The van der Waals surface area contributed by atoms with Crippen LogP contribution in [0.4, 0.5) is 0 Å². The second-order valence-electron chi connectivity index (χ2n) is 5.57. The van der Waals surface area contributed by atoms with E-state index in [9.17, 15) is 4.79 Å². The minimum absolute atomic E-state index is 0.0630. The van der Waals surface area contributed by atoms with Crippen molar-refractivity contribution in [2.45, 2.75) is 32.3 Å². The second kappa shape index (κ2) is 9.60. The van der Waals surface area contributed by atoms with E-state index < -0.39 is 6.10 Å². The summed E-state index contributed by atoms with van der Waals surface area (Å²) < 4.78 is 11.0. The molecule has 0 aliphatic carbocycles. The number of methoxy groups -OCH3 is 1. The second-order valence-corrected chi connectivity index (χ2v) is 5.57. The van der Waals surface area contributed by atoms with Crippen molar-refractivity contribution in [3.63, 3.8) is 0 Å². The molecule has 2 aromatic carbocycles. The zero-order chi connectivity index (χ0) is 17.2. The number of benzene rings is 2. The zero-order valence-electron chi connectivity index (χ0n) is 14.3. The Hall–Kier alpha value is -2.49. The fourth-order valence-electron chi connectivity index (χ4n) is 2.43. The minimum atomic E-state index is -0.454. The van der Waals surface area contributed by atoms with Crippen LogP contribution in [0.15, 0.2) is 54.6 Å². The van der Waals surface area contributed by atoms with Gasteiger partial charge in [0.15, 0.2) is 6.10 Å². The SMILES string of the molecule is CC[C@@H](Oc1ccccc1)C(=O)NCCCc1cccc(OC)c1. The smallest absolute Gasteiger partial charge is 0.261 e. The normalized spacial score (nSPS) is 11.6. The van der Waals surface area contributed by atoms with Gasteiger partial charge in [0.1, 0.15) is 11.5 Å². The van der Waals surface area contributed by atoms with E-state index in [4.69, 9.17) is 9.47 Å². The Morgan fingerprint density at radius 2 is 1.83 bits per heavy atom. The third-order valence-corrected chi connectivity index (χ3v) is 3.76. The molecule has 0 radical (unpaired) electrons. The van der Waals surface area contributed by atoms with Crippen molar-refractivity contribution in [2.24, 2.45) is 0 Å². The van der Waals surface area contributed by atoms with Gasteiger partial charge in [-0.05, 0) is 49.1 Å². The predicted octanol–water partition coefficient (Wildman–Crippen LogP) is 3.60.